The SMILES string of the molecule is CC(C)(C)OC(=O)N1CCC[C@H]1C1=Nc2ccc(-c3ccc4ccc(-c5cnc([C@@H]6CCCN6C(=O)OC(C)(C)C)[nH]5)cc4c3)cc2C1. The zero-order chi connectivity index (χ0) is 33.8. The Labute approximate surface area is 282 Å². The van der Waals surface area contributed by atoms with Crippen molar-refractivity contribution in [3.63, 3.8) is 0 Å². The van der Waals surface area contributed by atoms with Crippen LogP contribution in [0.2, 0.25) is 0 Å². The van der Waals surface area contributed by atoms with Gasteiger partial charge in [0.15, 0.2) is 0 Å². The molecular weight excluding hydrogens is 602 g/mol. The molecule has 0 radical (unpaired) electrons. The number of hydrogen-bond donors (Lipinski definition) is 1. The molecule has 3 aliphatic heterocycles. The normalized spacial score (nSPS) is 19.5. The van der Waals surface area contributed by atoms with Crippen LogP contribution in [0.5, 0.6) is 0 Å². The molecule has 2 fully saturated rings. The molecule has 250 valence electrons. The number of nitrogens with one attached hydrogen (secondary N) is 1. The van der Waals surface area contributed by atoms with Crippen molar-refractivity contribution in [3.05, 3.63) is 72.2 Å². The molecular formula is C39H45N5O4. The molecule has 0 spiro atoms. The van der Waals surface area contributed by atoms with Gasteiger partial charge in [-0.1, -0.05) is 30.3 Å². The Balaban J connectivity index is 1.08. The summed E-state index contributed by atoms with van der Waals surface area (Å²) in [5.41, 5.74) is 6.37. The third-order valence-electron chi connectivity index (χ3n) is 9.26. The summed E-state index contributed by atoms with van der Waals surface area (Å²) in [7, 11) is 0. The van der Waals surface area contributed by atoms with Crippen LogP contribution in [0.1, 0.15) is 84.7 Å². The minimum atomic E-state index is -0.542. The van der Waals surface area contributed by atoms with E-state index in [4.69, 9.17) is 19.5 Å². The number of rotatable bonds is 4. The summed E-state index contributed by atoms with van der Waals surface area (Å²) in [6.07, 6.45) is 5.67. The summed E-state index contributed by atoms with van der Waals surface area (Å²) in [6.45, 7) is 12.7. The lowest BCUT2D eigenvalue weighted by molar-refractivity contribution is 0.0216. The molecule has 4 aromatic rings. The predicted octanol–water partition coefficient (Wildman–Crippen LogP) is 9.00. The minimum absolute atomic E-state index is 0.0214. The summed E-state index contributed by atoms with van der Waals surface area (Å²) >= 11 is 0. The van der Waals surface area contributed by atoms with Crippen LogP contribution < -0.4 is 0 Å². The van der Waals surface area contributed by atoms with E-state index in [1.807, 2.05) is 52.6 Å². The summed E-state index contributed by atoms with van der Waals surface area (Å²) < 4.78 is 11.4. The predicted molar refractivity (Wildman–Crippen MR) is 189 cm³/mol. The molecule has 3 aromatic carbocycles. The number of carbonyl (C=O) groups is 2. The van der Waals surface area contributed by atoms with E-state index in [1.165, 1.54) is 5.56 Å². The maximum atomic E-state index is 12.9. The van der Waals surface area contributed by atoms with Gasteiger partial charge in [0.2, 0.25) is 0 Å². The second-order valence-corrected chi connectivity index (χ2v) is 15.2. The van der Waals surface area contributed by atoms with Crippen molar-refractivity contribution in [2.24, 2.45) is 4.99 Å². The smallest absolute Gasteiger partial charge is 0.410 e. The van der Waals surface area contributed by atoms with Gasteiger partial charge in [-0.3, -0.25) is 14.8 Å². The molecule has 0 bridgehead atoms. The van der Waals surface area contributed by atoms with Gasteiger partial charge in [0, 0.05) is 30.8 Å². The fourth-order valence-corrected chi connectivity index (χ4v) is 7.09. The van der Waals surface area contributed by atoms with E-state index >= 15 is 0 Å². The number of fused-ring (bicyclic) bond motifs is 2. The average Bonchev–Trinajstić information content (AvgIpc) is 3.84. The lowest BCUT2D eigenvalue weighted by atomic mass is 9.96. The number of aliphatic imine (C=N–C) groups is 1. The Hall–Kier alpha value is -4.66. The molecule has 1 N–H and O–H groups in total. The zero-order valence-corrected chi connectivity index (χ0v) is 28.8. The van der Waals surface area contributed by atoms with E-state index in [0.717, 1.165) is 82.5 Å². The fraction of sp³-hybridized carbons (Fsp3) is 0.436. The first-order valence-electron chi connectivity index (χ1n) is 17.1. The lowest BCUT2D eigenvalue weighted by Crippen LogP contribution is -2.43. The van der Waals surface area contributed by atoms with Crippen molar-refractivity contribution in [1.29, 1.82) is 0 Å². The van der Waals surface area contributed by atoms with Crippen LogP contribution >= 0.6 is 0 Å². The molecule has 0 saturated carbocycles. The number of likely N-dealkylation sites (tertiary alicyclic amines) is 2. The first kappa shape index (κ1) is 31.9. The first-order chi connectivity index (χ1) is 22.8. The molecule has 9 heteroatoms. The van der Waals surface area contributed by atoms with Crippen LogP contribution in [0.4, 0.5) is 15.3 Å². The molecule has 4 heterocycles. The average molecular weight is 648 g/mol. The van der Waals surface area contributed by atoms with Crippen LogP contribution in [0.3, 0.4) is 0 Å². The molecule has 2 atom stereocenters. The summed E-state index contributed by atoms with van der Waals surface area (Å²) in [5, 5.41) is 2.29. The van der Waals surface area contributed by atoms with E-state index in [2.05, 4.69) is 59.6 Å². The van der Waals surface area contributed by atoms with Crippen LogP contribution in [0.15, 0.2) is 65.8 Å². The van der Waals surface area contributed by atoms with E-state index in [-0.39, 0.29) is 24.3 Å². The summed E-state index contributed by atoms with van der Waals surface area (Å²) in [6, 6.07) is 19.3. The van der Waals surface area contributed by atoms with Crippen molar-refractivity contribution in [3.8, 4) is 22.4 Å². The third kappa shape index (κ3) is 6.55. The number of H-pyrrole nitrogens is 1. The van der Waals surface area contributed by atoms with Gasteiger partial charge in [-0.15, -0.1) is 0 Å². The van der Waals surface area contributed by atoms with Crippen molar-refractivity contribution in [2.45, 2.75) is 96.9 Å². The van der Waals surface area contributed by atoms with Gasteiger partial charge in [0.05, 0.1) is 29.7 Å². The number of nitrogens with zero attached hydrogens (tertiary/aromatic N) is 4. The van der Waals surface area contributed by atoms with Crippen molar-refractivity contribution < 1.29 is 19.1 Å². The number of hydrogen-bond acceptors (Lipinski definition) is 6. The maximum absolute atomic E-state index is 12.9. The zero-order valence-electron chi connectivity index (χ0n) is 28.8. The molecule has 2 amide bonds. The number of aromatic nitrogens is 2. The topological polar surface area (TPSA) is 100 Å². The van der Waals surface area contributed by atoms with Gasteiger partial charge < -0.3 is 14.5 Å². The highest BCUT2D eigenvalue weighted by molar-refractivity contribution is 6.00. The Morgan fingerprint density at radius 2 is 1.33 bits per heavy atom. The first-order valence-corrected chi connectivity index (χ1v) is 17.1. The summed E-state index contributed by atoms with van der Waals surface area (Å²) in [5.74, 6) is 0.786. The van der Waals surface area contributed by atoms with Gasteiger partial charge in [0.25, 0.3) is 0 Å². The van der Waals surface area contributed by atoms with Gasteiger partial charge in [0.1, 0.15) is 17.0 Å². The number of ether oxygens (including phenoxy) is 2. The number of aromatic amines is 1. The van der Waals surface area contributed by atoms with E-state index in [9.17, 15) is 9.59 Å². The number of imidazole rings is 1. The second kappa shape index (κ2) is 12.1. The van der Waals surface area contributed by atoms with Crippen molar-refractivity contribution in [2.75, 3.05) is 13.1 Å². The third-order valence-corrected chi connectivity index (χ3v) is 9.26. The number of amides is 2. The Bertz CT molecular complexity index is 1910. The minimum Gasteiger partial charge on any atom is -0.444 e. The molecule has 1 aromatic heterocycles. The molecule has 3 aliphatic rings. The highest BCUT2D eigenvalue weighted by atomic mass is 16.6. The lowest BCUT2D eigenvalue weighted by Gasteiger charge is -2.28. The number of benzene rings is 3. The van der Waals surface area contributed by atoms with Crippen LogP contribution in [-0.2, 0) is 15.9 Å². The largest absolute Gasteiger partial charge is 0.444 e. The maximum Gasteiger partial charge on any atom is 0.410 e. The number of carbonyl (C=O) groups excluding carboxylic acids is 2. The second-order valence-electron chi connectivity index (χ2n) is 15.2. The molecule has 2 saturated heterocycles. The van der Waals surface area contributed by atoms with Gasteiger partial charge in [-0.05, 0) is 119 Å². The monoisotopic (exact) mass is 647 g/mol. The summed E-state index contributed by atoms with van der Waals surface area (Å²) in [4.78, 5) is 42.6. The molecule has 0 aliphatic carbocycles. The molecule has 9 nitrogen and oxygen atoms in total. The highest BCUT2D eigenvalue weighted by Crippen LogP contribution is 2.37. The van der Waals surface area contributed by atoms with Crippen molar-refractivity contribution in [1.82, 2.24) is 19.8 Å². The quantitative estimate of drug-likeness (QED) is 0.238. The fourth-order valence-electron chi connectivity index (χ4n) is 7.09. The van der Waals surface area contributed by atoms with Crippen LogP contribution in [0.25, 0.3) is 33.2 Å². The highest BCUT2D eigenvalue weighted by Gasteiger charge is 2.37. The van der Waals surface area contributed by atoms with Crippen molar-refractivity contribution >= 4 is 34.4 Å². The van der Waals surface area contributed by atoms with E-state index in [1.54, 1.807) is 4.90 Å². The Kier molecular flexibility index (Phi) is 8.04. The molecule has 48 heavy (non-hydrogen) atoms. The van der Waals surface area contributed by atoms with Gasteiger partial charge in [-0.2, -0.15) is 0 Å². The van der Waals surface area contributed by atoms with Crippen LogP contribution in [0, 0.1) is 0 Å². The van der Waals surface area contributed by atoms with Crippen LogP contribution in [-0.4, -0.2) is 68.0 Å². The van der Waals surface area contributed by atoms with E-state index in [0.29, 0.717) is 13.1 Å². The van der Waals surface area contributed by atoms with E-state index < -0.39 is 11.2 Å². The van der Waals surface area contributed by atoms with Gasteiger partial charge in [-0.25, -0.2) is 14.6 Å². The molecule has 0 unspecified atom stereocenters. The Morgan fingerprint density at radius 1 is 0.750 bits per heavy atom. The Morgan fingerprint density at radius 3 is 2.02 bits per heavy atom. The molecule has 7 rings (SSSR count). The van der Waals surface area contributed by atoms with Gasteiger partial charge >= 0.3 is 12.2 Å². The standard InChI is InChI=1S/C39H45N5O4/c1-38(2,3)47-36(45)43-17-7-9-33(43)31-22-29-20-26(15-16-30(29)41-31)25-13-11-24-12-14-27(21-28(24)19-25)32-23-40-35(42-32)34-10-8-18-44(34)37(46)48-39(4,5)6/h11-16,19-21,23,33-34H,7-10,17-18,22H2,1-6H3,(H,40,42)/t33-,34-/m0/s1.